The Bertz CT molecular complexity index is 950. The molecule has 0 aliphatic heterocycles. The molecular weight excluding hydrogens is 342 g/mol. The van der Waals surface area contributed by atoms with Gasteiger partial charge < -0.3 is 14.5 Å². The molecule has 2 aromatic carbocycles. The molecule has 1 aromatic heterocycles. The highest BCUT2D eigenvalue weighted by atomic mass is 35.5. The third-order valence-corrected chi connectivity index (χ3v) is 3.96. The van der Waals surface area contributed by atoms with Crippen LogP contribution in [0.1, 0.15) is 18.5 Å². The first-order valence-corrected chi connectivity index (χ1v) is 8.10. The van der Waals surface area contributed by atoms with Gasteiger partial charge in [0.05, 0.1) is 6.04 Å². The van der Waals surface area contributed by atoms with Crippen LogP contribution < -0.4 is 15.7 Å². The van der Waals surface area contributed by atoms with Crippen LogP contribution in [-0.2, 0) is 4.79 Å². The van der Waals surface area contributed by atoms with Crippen molar-refractivity contribution in [2.45, 2.75) is 13.0 Å². The summed E-state index contributed by atoms with van der Waals surface area (Å²) in [6.45, 7) is 1.74. The third kappa shape index (κ3) is 4.39. The van der Waals surface area contributed by atoms with Gasteiger partial charge in [0.2, 0.25) is 0 Å². The predicted octanol–water partition coefficient (Wildman–Crippen LogP) is 3.70. The summed E-state index contributed by atoms with van der Waals surface area (Å²) in [6, 6.07) is 15.2. The molecule has 0 bridgehead atoms. The van der Waals surface area contributed by atoms with E-state index < -0.39 is 5.63 Å². The minimum Gasteiger partial charge on any atom is -0.484 e. The minimum atomic E-state index is -0.431. The number of amides is 1. The van der Waals surface area contributed by atoms with Gasteiger partial charge in [-0.25, -0.2) is 4.79 Å². The lowest BCUT2D eigenvalue weighted by Gasteiger charge is -2.15. The summed E-state index contributed by atoms with van der Waals surface area (Å²) in [6.07, 6.45) is 0. The number of hydrogen-bond acceptors (Lipinski definition) is 4. The van der Waals surface area contributed by atoms with Crippen molar-refractivity contribution in [3.8, 4) is 5.75 Å². The molecule has 3 aromatic rings. The fourth-order valence-electron chi connectivity index (χ4n) is 2.40. The molecule has 3 rings (SSSR count). The van der Waals surface area contributed by atoms with Crippen LogP contribution in [-0.4, -0.2) is 12.5 Å². The lowest BCUT2D eigenvalue weighted by atomic mass is 10.1. The van der Waals surface area contributed by atoms with Crippen molar-refractivity contribution in [3.05, 3.63) is 75.6 Å². The van der Waals surface area contributed by atoms with Gasteiger partial charge in [-0.3, -0.25) is 4.79 Å². The van der Waals surface area contributed by atoms with Gasteiger partial charge in [-0.1, -0.05) is 23.7 Å². The van der Waals surface area contributed by atoms with Gasteiger partial charge in [-0.05, 0) is 42.8 Å². The van der Waals surface area contributed by atoms with Crippen LogP contribution >= 0.6 is 11.6 Å². The number of carbonyl (C=O) groups excluding carboxylic acids is 1. The zero-order valence-corrected chi connectivity index (χ0v) is 14.2. The molecule has 0 unspecified atom stereocenters. The Kier molecular flexibility index (Phi) is 5.05. The van der Waals surface area contributed by atoms with Crippen molar-refractivity contribution in [2.24, 2.45) is 0 Å². The van der Waals surface area contributed by atoms with Crippen LogP contribution in [0.5, 0.6) is 5.75 Å². The van der Waals surface area contributed by atoms with E-state index >= 15 is 0 Å². The topological polar surface area (TPSA) is 68.5 Å². The number of rotatable bonds is 5. The average molecular weight is 358 g/mol. The second-order valence-corrected chi connectivity index (χ2v) is 6.02. The van der Waals surface area contributed by atoms with Gasteiger partial charge in [0.15, 0.2) is 6.61 Å². The summed E-state index contributed by atoms with van der Waals surface area (Å²) in [4.78, 5) is 23.3. The summed E-state index contributed by atoms with van der Waals surface area (Å²) in [5.74, 6) is 0.202. The zero-order chi connectivity index (χ0) is 17.8. The normalized spacial score (nSPS) is 11.9. The Morgan fingerprint density at radius 3 is 2.64 bits per heavy atom. The largest absolute Gasteiger partial charge is 0.484 e. The van der Waals surface area contributed by atoms with Gasteiger partial charge in [-0.15, -0.1) is 0 Å². The second kappa shape index (κ2) is 7.40. The molecule has 0 saturated heterocycles. The molecule has 0 aliphatic carbocycles. The first-order chi connectivity index (χ1) is 12.0. The van der Waals surface area contributed by atoms with Gasteiger partial charge in [0, 0.05) is 22.5 Å². The van der Waals surface area contributed by atoms with E-state index in [0.717, 1.165) is 10.9 Å². The molecule has 6 heteroatoms. The first kappa shape index (κ1) is 17.0. The zero-order valence-electron chi connectivity index (χ0n) is 13.5. The summed E-state index contributed by atoms with van der Waals surface area (Å²) in [5.41, 5.74) is 0.935. The lowest BCUT2D eigenvalue weighted by Crippen LogP contribution is -2.31. The maximum Gasteiger partial charge on any atom is 0.336 e. The number of carbonyl (C=O) groups is 1. The number of nitrogens with one attached hydrogen (secondary N) is 1. The molecule has 128 valence electrons. The summed E-state index contributed by atoms with van der Waals surface area (Å²) in [7, 11) is 0. The van der Waals surface area contributed by atoms with Crippen LogP contribution in [0.2, 0.25) is 5.02 Å². The Balaban J connectivity index is 1.60. The Morgan fingerprint density at radius 2 is 1.88 bits per heavy atom. The monoisotopic (exact) mass is 357 g/mol. The summed E-state index contributed by atoms with van der Waals surface area (Å²) >= 11 is 5.86. The smallest absolute Gasteiger partial charge is 0.336 e. The lowest BCUT2D eigenvalue weighted by molar-refractivity contribution is -0.123. The number of ether oxygens (including phenoxy) is 1. The molecule has 0 fully saturated rings. The van der Waals surface area contributed by atoms with E-state index in [4.69, 9.17) is 20.8 Å². The molecule has 0 spiro atoms. The fourth-order valence-corrected chi connectivity index (χ4v) is 2.52. The standard InChI is InChI=1S/C19H16ClNO4/c1-12(13-2-6-15(20)7-3-13)21-18(22)11-24-16-8-4-14-5-9-19(23)25-17(14)10-16/h2-10,12H,11H2,1H3,(H,21,22)/t12-/m1/s1. The van der Waals surface area contributed by atoms with E-state index in [2.05, 4.69) is 5.32 Å². The number of halogens is 1. The summed E-state index contributed by atoms with van der Waals surface area (Å²) in [5, 5.41) is 4.28. The highest BCUT2D eigenvalue weighted by Crippen LogP contribution is 2.20. The number of hydrogen-bond donors (Lipinski definition) is 1. The highest BCUT2D eigenvalue weighted by molar-refractivity contribution is 6.30. The van der Waals surface area contributed by atoms with Crippen molar-refractivity contribution in [2.75, 3.05) is 6.61 Å². The number of fused-ring (bicyclic) bond motifs is 1. The van der Waals surface area contributed by atoms with Gasteiger partial charge in [0.25, 0.3) is 5.91 Å². The molecule has 1 N–H and O–H groups in total. The molecule has 0 aliphatic rings. The highest BCUT2D eigenvalue weighted by Gasteiger charge is 2.10. The van der Waals surface area contributed by atoms with Crippen molar-refractivity contribution in [1.82, 2.24) is 5.32 Å². The Morgan fingerprint density at radius 1 is 1.16 bits per heavy atom. The van der Waals surface area contributed by atoms with E-state index in [1.807, 2.05) is 19.1 Å². The Labute approximate surface area is 149 Å². The van der Waals surface area contributed by atoms with Crippen molar-refractivity contribution in [1.29, 1.82) is 0 Å². The van der Waals surface area contributed by atoms with Crippen molar-refractivity contribution in [3.63, 3.8) is 0 Å². The molecule has 1 atom stereocenters. The van der Waals surface area contributed by atoms with Crippen LogP contribution in [0, 0.1) is 0 Å². The maximum atomic E-state index is 12.0. The first-order valence-electron chi connectivity index (χ1n) is 7.73. The van der Waals surface area contributed by atoms with Crippen LogP contribution in [0.15, 0.2) is 63.8 Å². The van der Waals surface area contributed by atoms with E-state index in [9.17, 15) is 9.59 Å². The molecule has 5 nitrogen and oxygen atoms in total. The molecule has 1 heterocycles. The van der Waals surface area contributed by atoms with Gasteiger partial charge >= 0.3 is 5.63 Å². The quantitative estimate of drug-likeness (QED) is 0.707. The van der Waals surface area contributed by atoms with Gasteiger partial charge in [-0.2, -0.15) is 0 Å². The van der Waals surface area contributed by atoms with Crippen LogP contribution in [0.25, 0.3) is 11.0 Å². The van der Waals surface area contributed by atoms with Crippen molar-refractivity contribution >= 4 is 28.5 Å². The molecular formula is C19H16ClNO4. The van der Waals surface area contributed by atoms with Crippen LogP contribution in [0.4, 0.5) is 0 Å². The van der Waals surface area contributed by atoms with Gasteiger partial charge in [0.1, 0.15) is 11.3 Å². The maximum absolute atomic E-state index is 12.0. The average Bonchev–Trinajstić information content (AvgIpc) is 2.60. The molecule has 25 heavy (non-hydrogen) atoms. The Hall–Kier alpha value is -2.79. The second-order valence-electron chi connectivity index (χ2n) is 5.58. The van der Waals surface area contributed by atoms with E-state index in [1.165, 1.54) is 6.07 Å². The van der Waals surface area contributed by atoms with Crippen LogP contribution in [0.3, 0.4) is 0 Å². The van der Waals surface area contributed by atoms with Crippen molar-refractivity contribution < 1.29 is 13.9 Å². The predicted molar refractivity (Wildman–Crippen MR) is 96.0 cm³/mol. The number of benzene rings is 2. The third-order valence-electron chi connectivity index (χ3n) is 3.71. The fraction of sp³-hybridized carbons (Fsp3) is 0.158. The minimum absolute atomic E-state index is 0.138. The van der Waals surface area contributed by atoms with E-state index in [1.54, 1.807) is 36.4 Å². The van der Waals surface area contributed by atoms with E-state index in [0.29, 0.717) is 16.4 Å². The molecule has 0 radical (unpaired) electrons. The molecule has 0 saturated carbocycles. The molecule has 1 amide bonds. The SMILES string of the molecule is C[C@@H](NC(=O)COc1ccc2ccc(=O)oc2c1)c1ccc(Cl)cc1. The summed E-state index contributed by atoms with van der Waals surface area (Å²) < 4.78 is 10.6. The van der Waals surface area contributed by atoms with E-state index in [-0.39, 0.29) is 18.6 Å².